The largest absolute Gasteiger partial charge is 0.504 e. The quantitative estimate of drug-likeness (QED) is 0.497. The monoisotopic (exact) mass is 316 g/mol. The van der Waals surface area contributed by atoms with Crippen molar-refractivity contribution in [2.45, 2.75) is 13.3 Å². The van der Waals surface area contributed by atoms with Gasteiger partial charge in [0.15, 0.2) is 17.2 Å². The minimum atomic E-state index is -0.536. The Morgan fingerprint density at radius 2 is 2.22 bits per heavy atom. The van der Waals surface area contributed by atoms with Crippen molar-refractivity contribution >= 4 is 17.8 Å². The second-order valence-electron chi connectivity index (χ2n) is 4.79. The first-order valence-corrected chi connectivity index (χ1v) is 6.77. The van der Waals surface area contributed by atoms with E-state index in [1.807, 2.05) is 0 Å². The van der Waals surface area contributed by atoms with E-state index in [4.69, 9.17) is 9.26 Å². The van der Waals surface area contributed by atoms with Crippen molar-refractivity contribution in [2.24, 2.45) is 0 Å². The summed E-state index contributed by atoms with van der Waals surface area (Å²) in [7, 11) is 1.45. The van der Waals surface area contributed by atoms with Crippen molar-refractivity contribution in [1.82, 2.24) is 5.16 Å². The Morgan fingerprint density at radius 1 is 1.48 bits per heavy atom. The van der Waals surface area contributed by atoms with Crippen LogP contribution < -0.4 is 4.74 Å². The van der Waals surface area contributed by atoms with Crippen molar-refractivity contribution in [2.75, 3.05) is 7.11 Å². The smallest absolute Gasteiger partial charge is 0.338 e. The van der Waals surface area contributed by atoms with Crippen LogP contribution in [0.3, 0.4) is 0 Å². The number of benzene rings is 1. The summed E-state index contributed by atoms with van der Waals surface area (Å²) in [5.41, 5.74) is 1.38. The molecule has 120 valence electrons. The van der Waals surface area contributed by atoms with Gasteiger partial charge in [-0.1, -0.05) is 17.3 Å². The van der Waals surface area contributed by atoms with Crippen molar-refractivity contribution in [3.05, 3.63) is 57.5 Å². The predicted molar refractivity (Wildman–Crippen MR) is 85.4 cm³/mol. The molecule has 0 radical (unpaired) electrons. The number of phenols is 1. The molecule has 0 saturated carbocycles. The highest BCUT2D eigenvalue weighted by atomic mass is 16.6. The number of rotatable bonds is 6. The first-order valence-electron chi connectivity index (χ1n) is 6.77. The molecule has 0 amide bonds. The van der Waals surface area contributed by atoms with Gasteiger partial charge in [0, 0.05) is 5.56 Å². The molecule has 0 unspecified atom stereocenters. The lowest BCUT2D eigenvalue weighted by atomic mass is 10.0. The summed E-state index contributed by atoms with van der Waals surface area (Å²) in [4.78, 5) is 10.5. The van der Waals surface area contributed by atoms with E-state index in [1.165, 1.54) is 20.1 Å². The summed E-state index contributed by atoms with van der Waals surface area (Å²) in [6.07, 6.45) is 5.21. The van der Waals surface area contributed by atoms with Crippen molar-refractivity contribution in [1.29, 1.82) is 0 Å². The molecular formula is C16H16N2O5. The highest BCUT2D eigenvalue weighted by Crippen LogP contribution is 2.33. The number of aromatic hydroxyl groups is 1. The van der Waals surface area contributed by atoms with E-state index in [-0.39, 0.29) is 22.9 Å². The first kappa shape index (κ1) is 16.3. The van der Waals surface area contributed by atoms with E-state index >= 15 is 0 Å². The molecule has 7 heteroatoms. The lowest BCUT2D eigenvalue weighted by Gasteiger charge is -2.09. The Balaban J connectivity index is 2.42. The third-order valence-electron chi connectivity index (χ3n) is 3.23. The van der Waals surface area contributed by atoms with Crippen LogP contribution in [-0.4, -0.2) is 22.3 Å². The normalized spacial score (nSPS) is 10.9. The number of ether oxygens (including phenoxy) is 1. The molecule has 0 bridgehead atoms. The summed E-state index contributed by atoms with van der Waals surface area (Å²) in [5, 5.41) is 24.6. The number of hydrogen-bond donors (Lipinski definition) is 1. The molecular weight excluding hydrogens is 300 g/mol. The Hall–Kier alpha value is -3.09. The van der Waals surface area contributed by atoms with E-state index in [9.17, 15) is 15.2 Å². The lowest BCUT2D eigenvalue weighted by molar-refractivity contribution is -0.386. The van der Waals surface area contributed by atoms with Gasteiger partial charge in [-0.3, -0.25) is 10.1 Å². The Morgan fingerprint density at radius 3 is 2.83 bits per heavy atom. The number of phenolic OH excluding ortho intramolecular Hbond substituents is 1. The highest BCUT2D eigenvalue weighted by molar-refractivity contribution is 5.73. The molecule has 2 aromatic rings. The van der Waals surface area contributed by atoms with Gasteiger partial charge < -0.3 is 14.4 Å². The van der Waals surface area contributed by atoms with E-state index < -0.39 is 4.92 Å². The molecule has 1 aromatic heterocycles. The Kier molecular flexibility index (Phi) is 4.80. The van der Waals surface area contributed by atoms with Gasteiger partial charge in [0.2, 0.25) is 5.76 Å². The standard InChI is InChI=1S/C16H16N2O5/c1-4-5-12-8-11(9-14(22-3)16(12)19)6-7-13-15(18(20)21)10(2)17-23-13/h4,6-9,19H,1,5H2,2-3H3/b7-6+. The predicted octanol–water partition coefficient (Wildman–Crippen LogP) is 3.50. The van der Waals surface area contributed by atoms with Crippen LogP contribution in [0.4, 0.5) is 5.69 Å². The minimum Gasteiger partial charge on any atom is -0.504 e. The second kappa shape index (κ2) is 6.78. The molecule has 1 N–H and O–H groups in total. The number of nitro groups is 1. The molecule has 0 fully saturated rings. The number of nitrogens with zero attached hydrogens (tertiary/aromatic N) is 2. The zero-order chi connectivity index (χ0) is 17.0. The summed E-state index contributed by atoms with van der Waals surface area (Å²) in [5.74, 6) is 0.420. The number of aromatic nitrogens is 1. The van der Waals surface area contributed by atoms with Gasteiger partial charge in [0.1, 0.15) is 0 Å². The Bertz CT molecular complexity index is 777. The molecule has 0 aliphatic heterocycles. The average Bonchev–Trinajstić information content (AvgIpc) is 2.89. The van der Waals surface area contributed by atoms with Gasteiger partial charge in [-0.2, -0.15) is 0 Å². The van der Waals surface area contributed by atoms with Gasteiger partial charge in [-0.15, -0.1) is 6.58 Å². The molecule has 1 heterocycles. The van der Waals surface area contributed by atoms with Gasteiger partial charge in [0.25, 0.3) is 0 Å². The third-order valence-corrected chi connectivity index (χ3v) is 3.23. The maximum absolute atomic E-state index is 11.0. The van der Waals surface area contributed by atoms with Crippen LogP contribution in [0.15, 0.2) is 29.3 Å². The fourth-order valence-electron chi connectivity index (χ4n) is 2.14. The molecule has 0 aliphatic rings. The fourth-order valence-corrected chi connectivity index (χ4v) is 2.14. The lowest BCUT2D eigenvalue weighted by Crippen LogP contribution is -1.91. The van der Waals surface area contributed by atoms with Crippen LogP contribution in [0.5, 0.6) is 11.5 Å². The molecule has 7 nitrogen and oxygen atoms in total. The molecule has 0 saturated heterocycles. The SMILES string of the molecule is C=CCc1cc(/C=C/c2onc(C)c2[N+](=O)[O-])cc(OC)c1O. The van der Waals surface area contributed by atoms with Crippen LogP contribution in [0.2, 0.25) is 0 Å². The summed E-state index contributed by atoms with van der Waals surface area (Å²) in [6, 6.07) is 3.36. The average molecular weight is 316 g/mol. The van der Waals surface area contributed by atoms with Crippen LogP contribution >= 0.6 is 0 Å². The van der Waals surface area contributed by atoms with Crippen LogP contribution in [0, 0.1) is 17.0 Å². The maximum atomic E-state index is 11.0. The van der Waals surface area contributed by atoms with Crippen LogP contribution in [-0.2, 0) is 6.42 Å². The summed E-state index contributed by atoms with van der Waals surface area (Å²) < 4.78 is 10.1. The Labute approximate surface area is 132 Å². The highest BCUT2D eigenvalue weighted by Gasteiger charge is 2.22. The number of methoxy groups -OCH3 is 1. The molecule has 0 atom stereocenters. The van der Waals surface area contributed by atoms with Crippen LogP contribution in [0.1, 0.15) is 22.6 Å². The molecule has 0 aliphatic carbocycles. The topological polar surface area (TPSA) is 98.6 Å². The number of allylic oxidation sites excluding steroid dienone is 1. The molecule has 0 spiro atoms. The number of aryl methyl sites for hydroxylation is 1. The molecule has 2 rings (SSSR count). The van der Waals surface area contributed by atoms with Crippen molar-refractivity contribution in [3.8, 4) is 11.5 Å². The van der Waals surface area contributed by atoms with Gasteiger partial charge in [-0.05, 0) is 37.1 Å². The van der Waals surface area contributed by atoms with E-state index in [1.54, 1.807) is 24.3 Å². The van der Waals surface area contributed by atoms with E-state index in [0.717, 1.165) is 0 Å². The molecule has 23 heavy (non-hydrogen) atoms. The van der Waals surface area contributed by atoms with Gasteiger partial charge in [-0.25, -0.2) is 0 Å². The van der Waals surface area contributed by atoms with E-state index in [0.29, 0.717) is 23.3 Å². The number of hydrogen-bond acceptors (Lipinski definition) is 6. The zero-order valence-electron chi connectivity index (χ0n) is 12.8. The van der Waals surface area contributed by atoms with Crippen LogP contribution in [0.25, 0.3) is 12.2 Å². The second-order valence-corrected chi connectivity index (χ2v) is 4.79. The minimum absolute atomic E-state index is 0.0473. The van der Waals surface area contributed by atoms with E-state index in [2.05, 4.69) is 11.7 Å². The first-order chi connectivity index (χ1) is 11.0. The summed E-state index contributed by atoms with van der Waals surface area (Å²) >= 11 is 0. The van der Waals surface area contributed by atoms with Crippen molar-refractivity contribution < 1.29 is 19.3 Å². The third kappa shape index (κ3) is 3.39. The molecule has 1 aromatic carbocycles. The van der Waals surface area contributed by atoms with Gasteiger partial charge in [0.05, 0.1) is 12.0 Å². The fraction of sp³-hybridized carbons (Fsp3) is 0.188. The zero-order valence-corrected chi connectivity index (χ0v) is 12.8. The summed E-state index contributed by atoms with van der Waals surface area (Å²) in [6.45, 7) is 5.15. The van der Waals surface area contributed by atoms with Gasteiger partial charge >= 0.3 is 5.69 Å². The maximum Gasteiger partial charge on any atom is 0.338 e. The van der Waals surface area contributed by atoms with Crippen molar-refractivity contribution in [3.63, 3.8) is 0 Å².